The molecule has 1 N–H and O–H groups in total. The van der Waals surface area contributed by atoms with E-state index in [9.17, 15) is 4.79 Å². The number of methoxy groups -OCH3 is 1. The molecule has 0 saturated heterocycles. The fourth-order valence-electron chi connectivity index (χ4n) is 3.22. The average Bonchev–Trinajstić information content (AvgIpc) is 3.41. The normalized spacial score (nSPS) is 12.2. The van der Waals surface area contributed by atoms with E-state index in [1.165, 1.54) is 4.68 Å². The summed E-state index contributed by atoms with van der Waals surface area (Å²) in [5.41, 5.74) is 0.966. The Balaban J connectivity index is 1.82. The molecule has 0 radical (unpaired) electrons. The van der Waals surface area contributed by atoms with Crippen LogP contribution in [-0.2, 0) is 23.1 Å². The molecular formula is C21H28N6O4. The van der Waals surface area contributed by atoms with Gasteiger partial charge in [0.05, 0.1) is 19.9 Å². The molecule has 0 aliphatic rings. The molecular weight excluding hydrogens is 400 g/mol. The summed E-state index contributed by atoms with van der Waals surface area (Å²) in [4.78, 5) is 17.4. The fraction of sp³-hybridized carbons (Fsp3) is 0.429. The number of ether oxygens (including phenoxy) is 3. The van der Waals surface area contributed by atoms with Crippen LogP contribution in [0.4, 0.5) is 0 Å². The van der Waals surface area contributed by atoms with Crippen molar-refractivity contribution in [2.24, 2.45) is 7.05 Å². The maximum atomic E-state index is 13.0. The van der Waals surface area contributed by atoms with Crippen LogP contribution in [0.1, 0.15) is 41.8 Å². The summed E-state index contributed by atoms with van der Waals surface area (Å²) in [7, 11) is 3.46. The average molecular weight is 428 g/mol. The first-order chi connectivity index (χ1) is 15.1. The Morgan fingerprint density at radius 2 is 1.94 bits per heavy atom. The van der Waals surface area contributed by atoms with Gasteiger partial charge in [-0.05, 0) is 19.9 Å². The molecule has 3 rings (SSSR count). The summed E-state index contributed by atoms with van der Waals surface area (Å²) < 4.78 is 19.9. The first-order valence-corrected chi connectivity index (χ1v) is 10.1. The van der Waals surface area contributed by atoms with Crippen LogP contribution in [0.15, 0.2) is 42.9 Å². The number of aromatic nitrogens is 5. The molecule has 0 aliphatic carbocycles. The highest BCUT2D eigenvalue weighted by atomic mass is 16.7. The lowest BCUT2D eigenvalue weighted by molar-refractivity contribution is -0.145. The van der Waals surface area contributed by atoms with Crippen LogP contribution in [0.3, 0.4) is 0 Å². The summed E-state index contributed by atoms with van der Waals surface area (Å²) in [5.74, 6) is 0.934. The van der Waals surface area contributed by atoms with E-state index in [1.807, 2.05) is 55.9 Å². The molecule has 0 fully saturated rings. The molecule has 0 spiro atoms. The number of amides is 1. The second kappa shape index (κ2) is 10.7. The van der Waals surface area contributed by atoms with Gasteiger partial charge in [-0.25, -0.2) is 9.67 Å². The van der Waals surface area contributed by atoms with E-state index < -0.39 is 12.3 Å². The molecule has 0 aliphatic heterocycles. The molecule has 1 aromatic carbocycles. The summed E-state index contributed by atoms with van der Waals surface area (Å²) >= 11 is 0. The highest BCUT2D eigenvalue weighted by Crippen LogP contribution is 2.29. The number of hydrogen-bond acceptors (Lipinski definition) is 7. The molecule has 2 aromatic heterocycles. The SMILES string of the molecule is CCOC(Cn1cc(C(=O)NC(c2ccccc2OC)c2nccn2C)nn1)OCC. The Morgan fingerprint density at radius 1 is 1.19 bits per heavy atom. The molecule has 166 valence electrons. The molecule has 1 amide bonds. The predicted molar refractivity (Wildman–Crippen MR) is 113 cm³/mol. The number of rotatable bonds is 11. The summed E-state index contributed by atoms with van der Waals surface area (Å²) in [5, 5.41) is 11.1. The van der Waals surface area contributed by atoms with E-state index in [0.29, 0.717) is 31.3 Å². The van der Waals surface area contributed by atoms with Gasteiger partial charge in [0.1, 0.15) is 17.6 Å². The lowest BCUT2D eigenvalue weighted by atomic mass is 10.0. The second-order valence-corrected chi connectivity index (χ2v) is 6.71. The van der Waals surface area contributed by atoms with E-state index in [1.54, 1.807) is 19.5 Å². The first-order valence-electron chi connectivity index (χ1n) is 10.1. The van der Waals surface area contributed by atoms with Gasteiger partial charge < -0.3 is 24.1 Å². The minimum atomic E-state index is -0.534. The Labute approximate surface area is 181 Å². The topological polar surface area (TPSA) is 105 Å². The Kier molecular flexibility index (Phi) is 7.74. The van der Waals surface area contributed by atoms with Crippen LogP contribution in [0.2, 0.25) is 0 Å². The number of para-hydroxylation sites is 1. The molecule has 31 heavy (non-hydrogen) atoms. The number of benzene rings is 1. The number of nitrogens with one attached hydrogen (secondary N) is 1. The van der Waals surface area contributed by atoms with Gasteiger partial charge in [0.15, 0.2) is 12.0 Å². The van der Waals surface area contributed by atoms with Crippen molar-refractivity contribution >= 4 is 5.91 Å². The van der Waals surface area contributed by atoms with Crippen molar-refractivity contribution in [1.29, 1.82) is 0 Å². The number of hydrogen-bond donors (Lipinski definition) is 1. The predicted octanol–water partition coefficient (Wildman–Crippen LogP) is 1.94. The molecule has 0 bridgehead atoms. The number of carbonyl (C=O) groups is 1. The maximum absolute atomic E-state index is 13.0. The lowest BCUT2D eigenvalue weighted by Crippen LogP contribution is -2.31. The van der Waals surface area contributed by atoms with Gasteiger partial charge in [0.2, 0.25) is 0 Å². The summed E-state index contributed by atoms with van der Waals surface area (Å²) in [6.07, 6.45) is 4.61. The van der Waals surface area contributed by atoms with Gasteiger partial charge in [-0.1, -0.05) is 23.4 Å². The van der Waals surface area contributed by atoms with E-state index in [-0.39, 0.29) is 11.6 Å². The van der Waals surface area contributed by atoms with Crippen molar-refractivity contribution in [3.05, 3.63) is 59.9 Å². The quantitative estimate of drug-likeness (QED) is 0.465. The van der Waals surface area contributed by atoms with E-state index in [4.69, 9.17) is 14.2 Å². The van der Waals surface area contributed by atoms with Crippen molar-refractivity contribution in [2.75, 3.05) is 20.3 Å². The molecule has 1 atom stereocenters. The van der Waals surface area contributed by atoms with Crippen molar-refractivity contribution in [1.82, 2.24) is 29.9 Å². The second-order valence-electron chi connectivity index (χ2n) is 6.71. The van der Waals surface area contributed by atoms with Crippen LogP contribution in [-0.4, -0.2) is 57.1 Å². The smallest absolute Gasteiger partial charge is 0.274 e. The third-order valence-electron chi connectivity index (χ3n) is 4.65. The molecule has 0 saturated carbocycles. The highest BCUT2D eigenvalue weighted by Gasteiger charge is 2.25. The van der Waals surface area contributed by atoms with Crippen molar-refractivity contribution in [3.63, 3.8) is 0 Å². The molecule has 2 heterocycles. The van der Waals surface area contributed by atoms with Crippen molar-refractivity contribution in [3.8, 4) is 5.75 Å². The van der Waals surface area contributed by atoms with Crippen LogP contribution in [0.5, 0.6) is 5.75 Å². The minimum Gasteiger partial charge on any atom is -0.496 e. The van der Waals surface area contributed by atoms with Gasteiger partial charge >= 0.3 is 0 Å². The Hall–Kier alpha value is -3.24. The van der Waals surface area contributed by atoms with Gasteiger partial charge in [-0.2, -0.15) is 0 Å². The van der Waals surface area contributed by atoms with Gasteiger partial charge in [0, 0.05) is 38.2 Å². The van der Waals surface area contributed by atoms with Gasteiger partial charge in [-0.15, -0.1) is 5.10 Å². The largest absolute Gasteiger partial charge is 0.496 e. The van der Waals surface area contributed by atoms with Crippen LogP contribution in [0.25, 0.3) is 0 Å². The van der Waals surface area contributed by atoms with Crippen LogP contribution >= 0.6 is 0 Å². The van der Waals surface area contributed by atoms with E-state index >= 15 is 0 Å². The molecule has 10 nitrogen and oxygen atoms in total. The van der Waals surface area contributed by atoms with Crippen molar-refractivity contribution < 1.29 is 19.0 Å². The fourth-order valence-corrected chi connectivity index (χ4v) is 3.22. The molecule has 1 unspecified atom stereocenters. The zero-order valence-corrected chi connectivity index (χ0v) is 18.2. The lowest BCUT2D eigenvalue weighted by Gasteiger charge is -2.20. The maximum Gasteiger partial charge on any atom is 0.274 e. The Morgan fingerprint density at radius 3 is 2.58 bits per heavy atom. The third kappa shape index (κ3) is 5.47. The summed E-state index contributed by atoms with van der Waals surface area (Å²) in [6, 6.07) is 6.96. The zero-order chi connectivity index (χ0) is 22.2. The molecule has 10 heteroatoms. The van der Waals surface area contributed by atoms with Gasteiger partial charge in [-0.3, -0.25) is 4.79 Å². The number of nitrogens with zero attached hydrogens (tertiary/aromatic N) is 5. The first kappa shape index (κ1) is 22.4. The number of imidazole rings is 1. The minimum absolute atomic E-state index is 0.181. The summed E-state index contributed by atoms with van der Waals surface area (Å²) in [6.45, 7) is 5.13. The van der Waals surface area contributed by atoms with E-state index in [0.717, 1.165) is 5.56 Å². The van der Waals surface area contributed by atoms with Crippen LogP contribution < -0.4 is 10.1 Å². The standard InChI is InChI=1S/C21H28N6O4/c1-5-30-18(31-6-2)14-27-13-16(24-25-27)21(28)23-19(20-22-11-12-26(20)3)15-9-7-8-10-17(15)29-4/h7-13,18-19H,5-6,14H2,1-4H3,(H,23,28). The monoisotopic (exact) mass is 428 g/mol. The van der Waals surface area contributed by atoms with E-state index in [2.05, 4.69) is 20.6 Å². The molecule has 3 aromatic rings. The van der Waals surface area contributed by atoms with Gasteiger partial charge in [0.25, 0.3) is 5.91 Å². The van der Waals surface area contributed by atoms with Crippen molar-refractivity contribution in [2.45, 2.75) is 32.7 Å². The van der Waals surface area contributed by atoms with Crippen LogP contribution in [0, 0.1) is 0 Å². The Bertz CT molecular complexity index is 980. The number of carbonyl (C=O) groups excluding carboxylic acids is 1. The highest BCUT2D eigenvalue weighted by molar-refractivity contribution is 5.92. The third-order valence-corrected chi connectivity index (χ3v) is 4.65. The zero-order valence-electron chi connectivity index (χ0n) is 18.2. The number of aryl methyl sites for hydroxylation is 1.